The van der Waals surface area contributed by atoms with Gasteiger partial charge in [0.15, 0.2) is 0 Å². The molecule has 0 bridgehead atoms. The van der Waals surface area contributed by atoms with Crippen molar-refractivity contribution in [2.24, 2.45) is 0 Å². The molecule has 0 aliphatic carbocycles. The fourth-order valence-corrected chi connectivity index (χ4v) is 2.57. The molecule has 0 amide bonds. The van der Waals surface area contributed by atoms with Crippen molar-refractivity contribution < 1.29 is 0 Å². The first kappa shape index (κ1) is 25.5. The highest BCUT2D eigenvalue weighted by molar-refractivity contribution is 4.95. The molecule has 24 heavy (non-hydrogen) atoms. The minimum atomic E-state index is 1.14. The molecule has 0 unspecified atom stereocenters. The van der Waals surface area contributed by atoms with E-state index < -0.39 is 0 Å². The summed E-state index contributed by atoms with van der Waals surface area (Å²) in [5, 5.41) is 0. The van der Waals surface area contributed by atoms with Gasteiger partial charge in [-0.15, -0.1) is 6.58 Å². The fraction of sp³-hybridized carbons (Fsp3) is 0.750. The number of hydrogen-bond donors (Lipinski definition) is 0. The average Bonchev–Trinajstić information content (AvgIpc) is 2.60. The quantitative estimate of drug-likeness (QED) is 0.195. The maximum atomic E-state index is 4.17. The molecule has 0 saturated carbocycles. The third-order valence-corrected chi connectivity index (χ3v) is 4.46. The lowest BCUT2D eigenvalue weighted by atomic mass is 10.0. The Labute approximate surface area is 154 Å². The van der Waals surface area contributed by atoms with Gasteiger partial charge in [-0.25, -0.2) is 0 Å². The van der Waals surface area contributed by atoms with E-state index in [0.29, 0.717) is 0 Å². The van der Waals surface area contributed by atoms with Crippen molar-refractivity contribution in [3.05, 3.63) is 37.0 Å². The van der Waals surface area contributed by atoms with Gasteiger partial charge in [-0.2, -0.15) is 0 Å². The molecule has 142 valence electrons. The Morgan fingerprint density at radius 3 is 1.54 bits per heavy atom. The predicted molar refractivity (Wildman–Crippen MR) is 115 cm³/mol. The number of hydrogen-bond acceptors (Lipinski definition) is 0. The van der Waals surface area contributed by atoms with Gasteiger partial charge in [0.1, 0.15) is 0 Å². The van der Waals surface area contributed by atoms with Gasteiger partial charge in [-0.05, 0) is 57.8 Å². The molecule has 0 radical (unpaired) electrons. The SMILES string of the molecule is C=C(CC)CCCCC(=C)CCCCCC.C=CCCCCCC. The molecule has 0 atom stereocenters. The second-order valence-electron chi connectivity index (χ2n) is 7.01. The van der Waals surface area contributed by atoms with Gasteiger partial charge in [0, 0.05) is 0 Å². The highest BCUT2D eigenvalue weighted by Crippen LogP contribution is 2.17. The standard InChI is InChI=1S/C16H30.C8H16/c1-5-7-8-9-13-16(4)14-11-10-12-15(3)6-2;1-3-5-7-8-6-4-2/h3-14H2,1-2H3;3H,1,4-8H2,2H3. The molecule has 0 aliphatic rings. The van der Waals surface area contributed by atoms with Crippen LogP contribution in [0.3, 0.4) is 0 Å². The van der Waals surface area contributed by atoms with Crippen LogP contribution >= 0.6 is 0 Å². The van der Waals surface area contributed by atoms with Crippen LogP contribution in [0.4, 0.5) is 0 Å². The Balaban J connectivity index is 0. The number of rotatable bonds is 16. The third kappa shape index (κ3) is 23.5. The largest absolute Gasteiger partial charge is 0.103 e. The second-order valence-corrected chi connectivity index (χ2v) is 7.01. The molecule has 0 rings (SSSR count). The van der Waals surface area contributed by atoms with E-state index in [4.69, 9.17) is 0 Å². The zero-order chi connectivity index (χ0) is 18.5. The van der Waals surface area contributed by atoms with Crippen LogP contribution in [0.5, 0.6) is 0 Å². The number of allylic oxidation sites excluding steroid dienone is 3. The number of unbranched alkanes of at least 4 members (excludes halogenated alkanes) is 8. The molecule has 0 aromatic carbocycles. The van der Waals surface area contributed by atoms with Crippen LogP contribution < -0.4 is 0 Å². The summed E-state index contributed by atoms with van der Waals surface area (Å²) in [7, 11) is 0. The normalized spacial score (nSPS) is 9.96. The molecule has 0 aromatic heterocycles. The maximum Gasteiger partial charge on any atom is -0.0323 e. The Morgan fingerprint density at radius 2 is 1.08 bits per heavy atom. The molecule has 0 N–H and O–H groups in total. The second kappa shape index (κ2) is 22.2. The van der Waals surface area contributed by atoms with Gasteiger partial charge in [-0.3, -0.25) is 0 Å². The van der Waals surface area contributed by atoms with Crippen molar-refractivity contribution in [1.29, 1.82) is 0 Å². The summed E-state index contributed by atoms with van der Waals surface area (Å²) in [5.74, 6) is 0. The Morgan fingerprint density at radius 1 is 0.625 bits per heavy atom. The summed E-state index contributed by atoms with van der Waals surface area (Å²) in [4.78, 5) is 0. The molecule has 0 heterocycles. The molecule has 0 saturated heterocycles. The first-order chi connectivity index (χ1) is 11.6. The van der Waals surface area contributed by atoms with Crippen molar-refractivity contribution in [1.82, 2.24) is 0 Å². The average molecular weight is 335 g/mol. The molecule has 0 aromatic rings. The summed E-state index contributed by atoms with van der Waals surface area (Å²) in [6.45, 7) is 18.5. The summed E-state index contributed by atoms with van der Waals surface area (Å²) in [6, 6.07) is 0. The lowest BCUT2D eigenvalue weighted by Gasteiger charge is -2.06. The van der Waals surface area contributed by atoms with Crippen molar-refractivity contribution in [2.45, 2.75) is 117 Å². The van der Waals surface area contributed by atoms with Crippen LogP contribution in [0, 0.1) is 0 Å². The van der Waals surface area contributed by atoms with Gasteiger partial charge >= 0.3 is 0 Å². The molecule has 0 spiro atoms. The van der Waals surface area contributed by atoms with Crippen LogP contribution in [-0.4, -0.2) is 0 Å². The molecule has 0 fully saturated rings. The van der Waals surface area contributed by atoms with Crippen LogP contribution in [0.15, 0.2) is 37.0 Å². The fourth-order valence-electron chi connectivity index (χ4n) is 2.57. The molecule has 0 aliphatic heterocycles. The minimum Gasteiger partial charge on any atom is -0.103 e. The Bertz CT molecular complexity index is 284. The van der Waals surface area contributed by atoms with E-state index >= 15 is 0 Å². The minimum absolute atomic E-state index is 1.14. The van der Waals surface area contributed by atoms with Crippen LogP contribution in [-0.2, 0) is 0 Å². The summed E-state index contributed by atoms with van der Waals surface area (Å²) in [6.07, 6.45) is 21.4. The van der Waals surface area contributed by atoms with E-state index in [-0.39, 0.29) is 0 Å². The highest BCUT2D eigenvalue weighted by Gasteiger charge is 1.97. The summed E-state index contributed by atoms with van der Waals surface area (Å²) < 4.78 is 0. The van der Waals surface area contributed by atoms with E-state index in [1.165, 1.54) is 101 Å². The maximum absolute atomic E-state index is 4.17. The monoisotopic (exact) mass is 334 g/mol. The summed E-state index contributed by atoms with van der Waals surface area (Å²) >= 11 is 0. The van der Waals surface area contributed by atoms with Gasteiger partial charge < -0.3 is 0 Å². The van der Waals surface area contributed by atoms with Gasteiger partial charge in [0.2, 0.25) is 0 Å². The van der Waals surface area contributed by atoms with Gasteiger partial charge in [0.25, 0.3) is 0 Å². The zero-order valence-corrected chi connectivity index (χ0v) is 17.3. The van der Waals surface area contributed by atoms with Crippen molar-refractivity contribution >= 4 is 0 Å². The van der Waals surface area contributed by atoms with E-state index in [9.17, 15) is 0 Å². The Hall–Kier alpha value is -0.780. The van der Waals surface area contributed by atoms with Crippen molar-refractivity contribution in [3.8, 4) is 0 Å². The smallest absolute Gasteiger partial charge is 0.0323 e. The highest BCUT2D eigenvalue weighted by atomic mass is 14.0. The van der Waals surface area contributed by atoms with Crippen molar-refractivity contribution in [3.63, 3.8) is 0 Å². The topological polar surface area (TPSA) is 0 Å². The van der Waals surface area contributed by atoms with E-state index in [0.717, 1.165) is 6.42 Å². The molecular weight excluding hydrogens is 288 g/mol. The Kier molecular flexibility index (Phi) is 23.6. The van der Waals surface area contributed by atoms with Crippen LogP contribution in [0.1, 0.15) is 117 Å². The van der Waals surface area contributed by atoms with Gasteiger partial charge in [0.05, 0.1) is 0 Å². The lowest BCUT2D eigenvalue weighted by Crippen LogP contribution is -1.86. The molecule has 0 nitrogen and oxygen atoms in total. The first-order valence-corrected chi connectivity index (χ1v) is 10.6. The lowest BCUT2D eigenvalue weighted by molar-refractivity contribution is 0.639. The van der Waals surface area contributed by atoms with E-state index in [2.05, 4.69) is 40.5 Å². The third-order valence-electron chi connectivity index (χ3n) is 4.46. The van der Waals surface area contributed by atoms with Crippen molar-refractivity contribution in [2.75, 3.05) is 0 Å². The van der Waals surface area contributed by atoms with E-state index in [1.807, 2.05) is 6.08 Å². The van der Waals surface area contributed by atoms with Crippen LogP contribution in [0.2, 0.25) is 0 Å². The summed E-state index contributed by atoms with van der Waals surface area (Å²) in [5.41, 5.74) is 2.85. The molecule has 0 heteroatoms. The van der Waals surface area contributed by atoms with Gasteiger partial charge in [-0.1, -0.05) is 89.7 Å². The predicted octanol–water partition coefficient (Wildman–Crippen LogP) is 9.18. The first-order valence-electron chi connectivity index (χ1n) is 10.6. The zero-order valence-electron chi connectivity index (χ0n) is 17.3. The molecular formula is C24H46. The van der Waals surface area contributed by atoms with Crippen LogP contribution in [0.25, 0.3) is 0 Å². The van der Waals surface area contributed by atoms with E-state index in [1.54, 1.807) is 0 Å².